The van der Waals surface area contributed by atoms with Crippen LogP contribution < -0.4 is 5.73 Å². The largest absolute Gasteiger partial charge is 0.444 e. The maximum Gasteiger partial charge on any atom is 0.404 e. The topological polar surface area (TPSA) is 55.6 Å². The Bertz CT molecular complexity index is 122. The van der Waals surface area contributed by atoms with Gasteiger partial charge in [0.2, 0.25) is 0 Å². The van der Waals surface area contributed by atoms with Crippen molar-refractivity contribution < 1.29 is 9.53 Å². The molecule has 1 fully saturated rings. The highest BCUT2D eigenvalue weighted by Crippen LogP contribution is 2.07. The van der Waals surface area contributed by atoms with E-state index in [1.54, 1.807) is 0 Å². The van der Waals surface area contributed by atoms with Gasteiger partial charge < -0.3 is 10.5 Å². The summed E-state index contributed by atoms with van der Waals surface area (Å²) in [5, 5.41) is 0. The fraction of sp³-hybridized carbons (Fsp3) is 0.857. The molecule has 4 heteroatoms. The number of primary amides is 1. The fourth-order valence-electron chi connectivity index (χ4n) is 0.881. The number of amides is 1. The molecule has 0 aliphatic carbocycles. The molecule has 1 aliphatic heterocycles. The van der Waals surface area contributed by atoms with Gasteiger partial charge in [-0.15, -0.1) is 0 Å². The smallest absolute Gasteiger partial charge is 0.404 e. The average molecular weight is 160 g/mol. The lowest BCUT2D eigenvalue weighted by Crippen LogP contribution is -2.51. The van der Waals surface area contributed by atoms with Gasteiger partial charge in [0.1, 0.15) is 6.10 Å². The van der Waals surface area contributed by atoms with Crippen molar-refractivity contribution in [3.05, 3.63) is 0 Å². The van der Waals surface area contributed by atoms with E-state index >= 15 is 0 Å². The number of nitrogens with zero attached hydrogens (tertiary/aromatic N) is 1. The summed E-state index contributed by atoms with van der Waals surface area (Å²) in [6, 6.07) is 0. The van der Waals surface area contributed by atoms with Crippen molar-refractivity contribution in [2.45, 2.75) is 20.0 Å². The van der Waals surface area contributed by atoms with Gasteiger partial charge in [0.05, 0.1) is 0 Å². The van der Waals surface area contributed by atoms with Crippen LogP contribution in [-0.2, 0) is 4.74 Å². The summed E-state index contributed by atoms with van der Waals surface area (Å²) >= 11 is 0. The van der Waals surface area contributed by atoms with Crippen molar-refractivity contribution in [2.75, 3.05) is 20.1 Å². The van der Waals surface area contributed by atoms with E-state index in [2.05, 4.69) is 4.74 Å². The van der Waals surface area contributed by atoms with E-state index in [0.29, 0.717) is 0 Å². The first-order chi connectivity index (χ1) is 5.18. The van der Waals surface area contributed by atoms with Crippen LogP contribution in [0.15, 0.2) is 0 Å². The third-order valence-electron chi connectivity index (χ3n) is 1.31. The summed E-state index contributed by atoms with van der Waals surface area (Å²) in [5.74, 6) is 0. The molecule has 66 valence electrons. The van der Waals surface area contributed by atoms with Gasteiger partial charge in [0, 0.05) is 13.1 Å². The second-order valence-electron chi connectivity index (χ2n) is 2.28. The summed E-state index contributed by atoms with van der Waals surface area (Å²) in [6.45, 7) is 5.62. The summed E-state index contributed by atoms with van der Waals surface area (Å²) in [5.41, 5.74) is 4.77. The molecule has 11 heavy (non-hydrogen) atoms. The van der Waals surface area contributed by atoms with Gasteiger partial charge in [0.25, 0.3) is 0 Å². The minimum atomic E-state index is -0.673. The van der Waals surface area contributed by atoms with E-state index in [1.165, 1.54) is 0 Å². The van der Waals surface area contributed by atoms with Gasteiger partial charge in [-0.1, -0.05) is 13.8 Å². The average Bonchev–Trinajstić information content (AvgIpc) is 1.88. The zero-order chi connectivity index (χ0) is 8.85. The van der Waals surface area contributed by atoms with E-state index in [9.17, 15) is 4.79 Å². The Morgan fingerprint density at radius 1 is 1.55 bits per heavy atom. The Balaban J connectivity index is 0.000000461. The van der Waals surface area contributed by atoms with Crippen molar-refractivity contribution in [3.8, 4) is 0 Å². The van der Waals surface area contributed by atoms with Crippen LogP contribution in [0.5, 0.6) is 0 Å². The number of hydrogen-bond donors (Lipinski definition) is 1. The molecule has 1 amide bonds. The number of carbonyl (C=O) groups excluding carboxylic acids is 1. The normalized spacial score (nSPS) is 17.7. The standard InChI is InChI=1S/C5H10N2O2.C2H6/c1-7-2-4(3-7)9-5(6)8;1-2/h4H,2-3H2,1H3,(H2,6,8);1-2H3. The fourth-order valence-corrected chi connectivity index (χ4v) is 0.881. The molecular formula is C7H16N2O2. The highest BCUT2D eigenvalue weighted by molar-refractivity contribution is 5.64. The van der Waals surface area contributed by atoms with Crippen LogP contribution in [0, 0.1) is 0 Å². The lowest BCUT2D eigenvalue weighted by atomic mass is 10.2. The molecular weight excluding hydrogens is 144 g/mol. The van der Waals surface area contributed by atoms with Crippen molar-refractivity contribution >= 4 is 6.09 Å². The Labute approximate surface area is 67.3 Å². The van der Waals surface area contributed by atoms with Crippen LogP contribution in [-0.4, -0.2) is 37.2 Å². The van der Waals surface area contributed by atoms with E-state index in [1.807, 2.05) is 25.8 Å². The molecule has 0 aromatic heterocycles. The van der Waals surface area contributed by atoms with E-state index < -0.39 is 6.09 Å². The predicted octanol–water partition coefficient (Wildman–Crippen LogP) is 0.422. The first-order valence-corrected chi connectivity index (χ1v) is 3.83. The van der Waals surface area contributed by atoms with Gasteiger partial charge in [-0.25, -0.2) is 4.79 Å². The quantitative estimate of drug-likeness (QED) is 0.605. The zero-order valence-corrected chi connectivity index (χ0v) is 7.33. The first-order valence-electron chi connectivity index (χ1n) is 3.83. The van der Waals surface area contributed by atoms with Gasteiger partial charge in [-0.05, 0) is 7.05 Å². The van der Waals surface area contributed by atoms with Crippen molar-refractivity contribution in [3.63, 3.8) is 0 Å². The maximum atomic E-state index is 10.1. The number of likely N-dealkylation sites (tertiary alicyclic amines) is 1. The van der Waals surface area contributed by atoms with Gasteiger partial charge in [0.15, 0.2) is 0 Å². The third-order valence-corrected chi connectivity index (χ3v) is 1.31. The molecule has 0 unspecified atom stereocenters. The number of rotatable bonds is 1. The van der Waals surface area contributed by atoms with Crippen molar-refractivity contribution in [1.82, 2.24) is 4.90 Å². The van der Waals surface area contributed by atoms with Crippen LogP contribution in [0.2, 0.25) is 0 Å². The molecule has 0 radical (unpaired) electrons. The molecule has 1 aliphatic rings. The molecule has 0 aromatic rings. The van der Waals surface area contributed by atoms with Crippen LogP contribution in [0.25, 0.3) is 0 Å². The molecule has 0 aromatic carbocycles. The van der Waals surface area contributed by atoms with Crippen LogP contribution in [0.4, 0.5) is 4.79 Å². The van der Waals surface area contributed by atoms with E-state index in [4.69, 9.17) is 5.73 Å². The summed E-state index contributed by atoms with van der Waals surface area (Å²) in [7, 11) is 1.96. The Morgan fingerprint density at radius 3 is 2.27 bits per heavy atom. The summed E-state index contributed by atoms with van der Waals surface area (Å²) in [4.78, 5) is 12.1. The first kappa shape index (κ1) is 10.2. The van der Waals surface area contributed by atoms with Crippen molar-refractivity contribution in [1.29, 1.82) is 0 Å². The van der Waals surface area contributed by atoms with E-state index in [-0.39, 0.29) is 6.10 Å². The van der Waals surface area contributed by atoms with Gasteiger partial charge in [-0.3, -0.25) is 4.90 Å². The molecule has 4 nitrogen and oxygen atoms in total. The molecule has 1 heterocycles. The lowest BCUT2D eigenvalue weighted by Gasteiger charge is -2.34. The van der Waals surface area contributed by atoms with Crippen molar-refractivity contribution in [2.24, 2.45) is 5.73 Å². The Hall–Kier alpha value is -0.770. The number of hydrogen-bond acceptors (Lipinski definition) is 3. The van der Waals surface area contributed by atoms with Gasteiger partial charge in [-0.2, -0.15) is 0 Å². The number of likely N-dealkylation sites (N-methyl/N-ethyl adjacent to an activating group) is 1. The van der Waals surface area contributed by atoms with Crippen LogP contribution in [0.3, 0.4) is 0 Å². The number of carbonyl (C=O) groups is 1. The Kier molecular flexibility index (Phi) is 4.61. The summed E-state index contributed by atoms with van der Waals surface area (Å²) < 4.78 is 4.65. The highest BCUT2D eigenvalue weighted by atomic mass is 16.6. The molecule has 0 bridgehead atoms. The summed E-state index contributed by atoms with van der Waals surface area (Å²) in [6.07, 6.45) is -0.638. The molecule has 0 spiro atoms. The predicted molar refractivity (Wildman–Crippen MR) is 43.3 cm³/mol. The molecule has 0 saturated carbocycles. The third kappa shape index (κ3) is 3.83. The minimum absolute atomic E-state index is 0.0347. The van der Waals surface area contributed by atoms with Gasteiger partial charge >= 0.3 is 6.09 Å². The molecule has 0 atom stereocenters. The molecule has 1 saturated heterocycles. The van der Waals surface area contributed by atoms with Crippen LogP contribution >= 0.6 is 0 Å². The number of nitrogens with two attached hydrogens (primary N) is 1. The Morgan fingerprint density at radius 2 is 2.00 bits per heavy atom. The van der Waals surface area contributed by atoms with Crippen LogP contribution in [0.1, 0.15) is 13.8 Å². The second-order valence-corrected chi connectivity index (χ2v) is 2.28. The second kappa shape index (κ2) is 4.96. The SMILES string of the molecule is CC.CN1CC(OC(N)=O)C1. The highest BCUT2D eigenvalue weighted by Gasteiger charge is 2.25. The van der Waals surface area contributed by atoms with E-state index in [0.717, 1.165) is 13.1 Å². The minimum Gasteiger partial charge on any atom is -0.444 e. The lowest BCUT2D eigenvalue weighted by molar-refractivity contribution is 0.00476. The molecule has 1 rings (SSSR count). The monoisotopic (exact) mass is 160 g/mol. The molecule has 2 N–H and O–H groups in total. The maximum absolute atomic E-state index is 10.1. The zero-order valence-electron chi connectivity index (χ0n) is 7.33. The number of ether oxygens (including phenoxy) is 1.